The third-order valence-corrected chi connectivity index (χ3v) is 5.61. The summed E-state index contributed by atoms with van der Waals surface area (Å²) in [6, 6.07) is 15.1. The van der Waals surface area contributed by atoms with Gasteiger partial charge in [-0.2, -0.15) is 0 Å². The van der Waals surface area contributed by atoms with Gasteiger partial charge in [-0.15, -0.1) is 10.2 Å². The van der Waals surface area contributed by atoms with Gasteiger partial charge in [0.1, 0.15) is 5.75 Å². The summed E-state index contributed by atoms with van der Waals surface area (Å²) in [5, 5.41) is 11.8. The van der Waals surface area contributed by atoms with Crippen molar-refractivity contribution in [3.8, 4) is 17.1 Å². The van der Waals surface area contributed by atoms with E-state index in [1.54, 1.807) is 7.11 Å². The lowest BCUT2D eigenvalue weighted by Gasteiger charge is -2.12. The molecule has 0 bridgehead atoms. The number of carbonyl (C=O) groups is 1. The number of thioether (sulfide) groups is 1. The molecule has 0 aliphatic heterocycles. The molecule has 0 saturated carbocycles. The van der Waals surface area contributed by atoms with Crippen LogP contribution >= 0.6 is 27.7 Å². The largest absolute Gasteiger partial charge is 0.497 e. The quantitative estimate of drug-likeness (QED) is 0.569. The highest BCUT2D eigenvalue weighted by molar-refractivity contribution is 9.10. The van der Waals surface area contributed by atoms with E-state index in [0.717, 1.165) is 27.3 Å². The summed E-state index contributed by atoms with van der Waals surface area (Å²) in [7, 11) is 3.52. The van der Waals surface area contributed by atoms with Crippen molar-refractivity contribution in [3.05, 3.63) is 53.0 Å². The molecule has 8 heteroatoms. The Hall–Kier alpha value is -2.32. The van der Waals surface area contributed by atoms with E-state index in [2.05, 4.69) is 31.4 Å². The fourth-order valence-electron chi connectivity index (χ4n) is 2.40. The van der Waals surface area contributed by atoms with Gasteiger partial charge in [-0.1, -0.05) is 27.7 Å². The van der Waals surface area contributed by atoms with Crippen molar-refractivity contribution in [1.82, 2.24) is 14.8 Å². The maximum atomic E-state index is 12.4. The average molecular weight is 447 g/mol. The van der Waals surface area contributed by atoms with Gasteiger partial charge < -0.3 is 14.6 Å². The van der Waals surface area contributed by atoms with Gasteiger partial charge in [0.2, 0.25) is 5.91 Å². The van der Waals surface area contributed by atoms with Gasteiger partial charge >= 0.3 is 0 Å². The highest BCUT2D eigenvalue weighted by Gasteiger charge is 2.19. The van der Waals surface area contributed by atoms with Crippen molar-refractivity contribution in [1.29, 1.82) is 0 Å². The molecule has 1 amide bonds. The number of nitrogens with zero attached hydrogens (tertiary/aromatic N) is 3. The number of ether oxygens (including phenoxy) is 1. The van der Waals surface area contributed by atoms with Crippen molar-refractivity contribution in [2.75, 3.05) is 12.4 Å². The lowest BCUT2D eigenvalue weighted by atomic mass is 10.2. The fraction of sp³-hybridized carbons (Fsp3) is 0.211. The highest BCUT2D eigenvalue weighted by Crippen LogP contribution is 2.27. The molecule has 1 unspecified atom stereocenters. The molecule has 0 radical (unpaired) electrons. The zero-order valence-corrected chi connectivity index (χ0v) is 17.5. The van der Waals surface area contributed by atoms with Gasteiger partial charge in [-0.3, -0.25) is 4.79 Å². The Bertz CT molecular complexity index is 926. The van der Waals surface area contributed by atoms with Crippen molar-refractivity contribution in [2.45, 2.75) is 17.3 Å². The number of anilines is 1. The number of carbonyl (C=O) groups excluding carboxylic acids is 1. The SMILES string of the molecule is COc1ccc(-c2nnc(SC(C)C(=O)Nc3ccc(Br)cc3)n2C)cc1. The van der Waals surface area contributed by atoms with Gasteiger partial charge in [0, 0.05) is 22.8 Å². The molecule has 1 heterocycles. The Balaban J connectivity index is 1.68. The fourth-order valence-corrected chi connectivity index (χ4v) is 3.48. The molecule has 0 saturated heterocycles. The molecule has 140 valence electrons. The van der Waals surface area contributed by atoms with Crippen LogP contribution in [0.1, 0.15) is 6.92 Å². The Morgan fingerprint density at radius 3 is 2.44 bits per heavy atom. The Labute approximate surface area is 170 Å². The molecule has 27 heavy (non-hydrogen) atoms. The molecule has 0 aliphatic carbocycles. The summed E-state index contributed by atoms with van der Waals surface area (Å²) in [5.41, 5.74) is 1.69. The summed E-state index contributed by atoms with van der Waals surface area (Å²) in [6.45, 7) is 1.85. The van der Waals surface area contributed by atoms with Crippen LogP contribution in [0.3, 0.4) is 0 Å². The second-order valence-corrected chi connectivity index (χ2v) is 8.07. The minimum atomic E-state index is -0.319. The van der Waals surface area contributed by atoms with Crippen LogP contribution in [-0.4, -0.2) is 33.0 Å². The van der Waals surface area contributed by atoms with E-state index in [-0.39, 0.29) is 11.2 Å². The van der Waals surface area contributed by atoms with E-state index >= 15 is 0 Å². The van der Waals surface area contributed by atoms with E-state index in [9.17, 15) is 4.79 Å². The Kier molecular flexibility index (Phi) is 6.18. The monoisotopic (exact) mass is 446 g/mol. The second-order valence-electron chi connectivity index (χ2n) is 5.85. The number of rotatable bonds is 6. The minimum Gasteiger partial charge on any atom is -0.497 e. The van der Waals surface area contributed by atoms with E-state index in [1.165, 1.54) is 11.8 Å². The number of aromatic nitrogens is 3. The molecular formula is C19H19BrN4O2S. The van der Waals surface area contributed by atoms with Crippen molar-refractivity contribution >= 4 is 39.3 Å². The van der Waals surface area contributed by atoms with Crippen LogP contribution in [0.15, 0.2) is 58.2 Å². The lowest BCUT2D eigenvalue weighted by Crippen LogP contribution is -2.22. The first-order valence-electron chi connectivity index (χ1n) is 8.25. The molecular weight excluding hydrogens is 428 g/mol. The molecule has 0 fully saturated rings. The van der Waals surface area contributed by atoms with Crippen LogP contribution in [0, 0.1) is 0 Å². The van der Waals surface area contributed by atoms with Gasteiger partial charge in [-0.25, -0.2) is 0 Å². The normalized spacial score (nSPS) is 11.9. The van der Waals surface area contributed by atoms with E-state index in [1.807, 2.05) is 67.1 Å². The molecule has 1 aromatic heterocycles. The smallest absolute Gasteiger partial charge is 0.237 e. The Morgan fingerprint density at radius 1 is 1.15 bits per heavy atom. The summed E-state index contributed by atoms with van der Waals surface area (Å²) in [6.07, 6.45) is 0. The number of halogens is 1. The predicted octanol–water partition coefficient (Wildman–Crippen LogP) is 4.37. The summed E-state index contributed by atoms with van der Waals surface area (Å²) in [5.74, 6) is 1.44. The highest BCUT2D eigenvalue weighted by atomic mass is 79.9. The summed E-state index contributed by atoms with van der Waals surface area (Å²) < 4.78 is 8.03. The van der Waals surface area contributed by atoms with E-state index in [0.29, 0.717) is 5.16 Å². The minimum absolute atomic E-state index is 0.0867. The molecule has 3 aromatic rings. The maximum Gasteiger partial charge on any atom is 0.237 e. The van der Waals surface area contributed by atoms with Crippen LogP contribution in [0.4, 0.5) is 5.69 Å². The molecule has 1 N–H and O–H groups in total. The molecule has 2 aromatic carbocycles. The summed E-state index contributed by atoms with van der Waals surface area (Å²) >= 11 is 4.75. The van der Waals surface area contributed by atoms with Gasteiger partial charge in [-0.05, 0) is 55.5 Å². The van der Waals surface area contributed by atoms with Gasteiger partial charge in [0.15, 0.2) is 11.0 Å². The molecule has 3 rings (SSSR count). The lowest BCUT2D eigenvalue weighted by molar-refractivity contribution is -0.115. The third kappa shape index (κ3) is 4.70. The predicted molar refractivity (Wildman–Crippen MR) is 111 cm³/mol. The molecule has 0 spiro atoms. The van der Waals surface area contributed by atoms with Crippen LogP contribution in [0.25, 0.3) is 11.4 Å². The zero-order valence-electron chi connectivity index (χ0n) is 15.1. The topological polar surface area (TPSA) is 69.0 Å². The first kappa shape index (κ1) is 19.4. The first-order valence-corrected chi connectivity index (χ1v) is 9.92. The maximum absolute atomic E-state index is 12.4. The van der Waals surface area contributed by atoms with Crippen LogP contribution in [-0.2, 0) is 11.8 Å². The van der Waals surface area contributed by atoms with E-state index < -0.39 is 0 Å². The van der Waals surface area contributed by atoms with Gasteiger partial charge in [0.25, 0.3) is 0 Å². The number of hydrogen-bond donors (Lipinski definition) is 1. The number of benzene rings is 2. The van der Waals surface area contributed by atoms with E-state index in [4.69, 9.17) is 4.74 Å². The Morgan fingerprint density at radius 2 is 1.81 bits per heavy atom. The summed E-state index contributed by atoms with van der Waals surface area (Å²) in [4.78, 5) is 12.4. The van der Waals surface area contributed by atoms with Crippen LogP contribution in [0.2, 0.25) is 0 Å². The average Bonchev–Trinajstić information content (AvgIpc) is 3.04. The third-order valence-electron chi connectivity index (χ3n) is 3.95. The number of methoxy groups -OCH3 is 1. The molecule has 1 atom stereocenters. The standard InChI is InChI=1S/C19H19BrN4O2S/c1-12(18(25)21-15-8-6-14(20)7-9-15)27-19-23-22-17(24(19)2)13-4-10-16(26-3)11-5-13/h4-12H,1-3H3,(H,21,25). The second kappa shape index (κ2) is 8.58. The molecule has 6 nitrogen and oxygen atoms in total. The number of amides is 1. The van der Waals surface area contributed by atoms with Crippen molar-refractivity contribution < 1.29 is 9.53 Å². The van der Waals surface area contributed by atoms with Crippen LogP contribution in [0.5, 0.6) is 5.75 Å². The number of hydrogen-bond acceptors (Lipinski definition) is 5. The van der Waals surface area contributed by atoms with Crippen molar-refractivity contribution in [2.24, 2.45) is 7.05 Å². The van der Waals surface area contributed by atoms with Gasteiger partial charge in [0.05, 0.1) is 12.4 Å². The zero-order chi connectivity index (χ0) is 19.4. The first-order chi connectivity index (χ1) is 13.0. The van der Waals surface area contributed by atoms with Crippen LogP contribution < -0.4 is 10.1 Å². The van der Waals surface area contributed by atoms with Crippen molar-refractivity contribution in [3.63, 3.8) is 0 Å². The molecule has 0 aliphatic rings. The number of nitrogens with one attached hydrogen (secondary N) is 1.